The van der Waals surface area contributed by atoms with Crippen LogP contribution in [0, 0.1) is 5.82 Å². The maximum atomic E-state index is 13.0. The second-order valence-electron chi connectivity index (χ2n) is 6.09. The van der Waals surface area contributed by atoms with Crippen molar-refractivity contribution in [2.24, 2.45) is 0 Å². The fraction of sp³-hybridized carbons (Fsp3) is 0.389. The van der Waals surface area contributed by atoms with Crippen LogP contribution in [0.3, 0.4) is 0 Å². The van der Waals surface area contributed by atoms with Crippen LogP contribution in [0.4, 0.5) is 4.39 Å². The molecule has 1 aliphatic rings. The van der Waals surface area contributed by atoms with Crippen LogP contribution in [0.2, 0.25) is 0 Å². The summed E-state index contributed by atoms with van der Waals surface area (Å²) in [5.74, 6) is 0.134. The molecule has 132 valence electrons. The number of carbonyl (C=O) groups is 1. The minimum atomic E-state index is -0.599. The zero-order chi connectivity index (χ0) is 17.7. The van der Waals surface area contributed by atoms with Crippen LogP contribution in [0.15, 0.2) is 43.0 Å². The summed E-state index contributed by atoms with van der Waals surface area (Å²) < 4.78 is 24.5. The molecule has 1 aromatic heterocycles. The van der Waals surface area contributed by atoms with E-state index in [1.165, 1.54) is 30.9 Å². The lowest BCUT2D eigenvalue weighted by Gasteiger charge is -2.41. The summed E-state index contributed by atoms with van der Waals surface area (Å²) in [7, 11) is 1.62. The van der Waals surface area contributed by atoms with E-state index < -0.39 is 5.60 Å². The molecule has 0 N–H and O–H groups in total. The normalized spacial score (nSPS) is 20.3. The van der Waals surface area contributed by atoms with E-state index >= 15 is 0 Å². The van der Waals surface area contributed by atoms with E-state index in [1.807, 2.05) is 0 Å². The lowest BCUT2D eigenvalue weighted by atomic mass is 9.93. The van der Waals surface area contributed by atoms with E-state index in [0.717, 1.165) is 12.8 Å². The summed E-state index contributed by atoms with van der Waals surface area (Å²) in [6.45, 7) is 1.35. The Labute approximate surface area is 145 Å². The first-order chi connectivity index (χ1) is 12.1. The summed E-state index contributed by atoms with van der Waals surface area (Å²) in [6, 6.07) is 5.85. The van der Waals surface area contributed by atoms with E-state index in [4.69, 9.17) is 9.47 Å². The van der Waals surface area contributed by atoms with Gasteiger partial charge in [-0.05, 0) is 37.1 Å². The van der Waals surface area contributed by atoms with Crippen LogP contribution in [0.5, 0.6) is 5.75 Å². The molecule has 7 heteroatoms. The minimum absolute atomic E-state index is 0.122. The third-order valence-corrected chi connectivity index (χ3v) is 4.38. The van der Waals surface area contributed by atoms with Gasteiger partial charge in [-0.1, -0.05) is 0 Å². The number of benzene rings is 1. The number of hydrogen-bond acceptors (Lipinski definition) is 5. The lowest BCUT2D eigenvalue weighted by Crippen LogP contribution is -2.54. The van der Waals surface area contributed by atoms with Crippen molar-refractivity contribution in [2.45, 2.75) is 18.4 Å². The fourth-order valence-electron chi connectivity index (χ4n) is 2.95. The molecule has 3 rings (SSSR count). The molecule has 1 aliphatic heterocycles. The van der Waals surface area contributed by atoms with E-state index in [0.29, 0.717) is 24.4 Å². The average molecular weight is 345 g/mol. The van der Waals surface area contributed by atoms with Gasteiger partial charge in [0, 0.05) is 26.0 Å². The van der Waals surface area contributed by atoms with Crippen LogP contribution >= 0.6 is 0 Å². The number of ether oxygens (including phenoxy) is 2. The Morgan fingerprint density at radius 1 is 1.28 bits per heavy atom. The molecule has 2 heterocycles. The number of piperidine rings is 1. The molecule has 2 aromatic rings. The third kappa shape index (κ3) is 4.11. The van der Waals surface area contributed by atoms with Crippen molar-refractivity contribution in [3.8, 4) is 5.75 Å². The Morgan fingerprint density at radius 2 is 2.00 bits per heavy atom. The topological polar surface area (TPSA) is 64.6 Å². The molecule has 25 heavy (non-hydrogen) atoms. The number of hydrogen-bond donors (Lipinski definition) is 0. The van der Waals surface area contributed by atoms with Crippen LogP contribution < -0.4 is 4.74 Å². The SMILES string of the molecule is CO[C@]1(COc2ccc(F)cc2)CCCN(C(=O)c2cncnc2)C1. The van der Waals surface area contributed by atoms with Crippen LogP contribution in [0.1, 0.15) is 23.2 Å². The van der Waals surface area contributed by atoms with Gasteiger partial charge < -0.3 is 14.4 Å². The molecule has 6 nitrogen and oxygen atoms in total. The smallest absolute Gasteiger partial charge is 0.257 e. The monoisotopic (exact) mass is 345 g/mol. The van der Waals surface area contributed by atoms with Gasteiger partial charge in [0.05, 0.1) is 12.1 Å². The van der Waals surface area contributed by atoms with E-state index in [1.54, 1.807) is 24.1 Å². The van der Waals surface area contributed by atoms with Gasteiger partial charge in [-0.25, -0.2) is 14.4 Å². The van der Waals surface area contributed by atoms with Crippen molar-refractivity contribution >= 4 is 5.91 Å². The first kappa shape index (κ1) is 17.3. The molecule has 0 spiro atoms. The van der Waals surface area contributed by atoms with Gasteiger partial charge in [-0.15, -0.1) is 0 Å². The van der Waals surface area contributed by atoms with Gasteiger partial charge in [-0.2, -0.15) is 0 Å². The Morgan fingerprint density at radius 3 is 2.68 bits per heavy atom. The molecule has 0 aliphatic carbocycles. The molecule has 0 bridgehead atoms. The fourth-order valence-corrected chi connectivity index (χ4v) is 2.95. The molecule has 1 aromatic carbocycles. The van der Waals surface area contributed by atoms with Crippen LogP contribution in [0.25, 0.3) is 0 Å². The quantitative estimate of drug-likeness (QED) is 0.832. The molecule has 0 saturated carbocycles. The number of aromatic nitrogens is 2. The number of methoxy groups -OCH3 is 1. The number of carbonyl (C=O) groups excluding carboxylic acids is 1. The minimum Gasteiger partial charge on any atom is -0.491 e. The Kier molecular flexibility index (Phi) is 5.23. The lowest BCUT2D eigenvalue weighted by molar-refractivity contribution is -0.0825. The number of nitrogens with zero attached hydrogens (tertiary/aromatic N) is 3. The maximum absolute atomic E-state index is 13.0. The van der Waals surface area contributed by atoms with E-state index in [2.05, 4.69) is 9.97 Å². The predicted molar refractivity (Wildman–Crippen MR) is 88.8 cm³/mol. The number of amides is 1. The van der Waals surface area contributed by atoms with Gasteiger partial charge in [0.1, 0.15) is 30.1 Å². The molecule has 1 amide bonds. The average Bonchev–Trinajstić information content (AvgIpc) is 2.68. The van der Waals surface area contributed by atoms with E-state index in [9.17, 15) is 9.18 Å². The second kappa shape index (κ2) is 7.57. The highest BCUT2D eigenvalue weighted by Gasteiger charge is 2.38. The summed E-state index contributed by atoms with van der Waals surface area (Å²) in [5, 5.41) is 0. The molecule has 0 unspecified atom stereocenters. The second-order valence-corrected chi connectivity index (χ2v) is 6.09. The van der Waals surface area contributed by atoms with Crippen molar-refractivity contribution < 1.29 is 18.7 Å². The van der Waals surface area contributed by atoms with Crippen molar-refractivity contribution in [3.05, 3.63) is 54.4 Å². The summed E-state index contributed by atoms with van der Waals surface area (Å²) in [4.78, 5) is 22.1. The van der Waals surface area contributed by atoms with Crippen LogP contribution in [-0.2, 0) is 4.74 Å². The number of likely N-dealkylation sites (tertiary alicyclic amines) is 1. The Bertz CT molecular complexity index is 711. The highest BCUT2D eigenvalue weighted by molar-refractivity contribution is 5.93. The summed E-state index contributed by atoms with van der Waals surface area (Å²) in [6.07, 6.45) is 5.99. The molecular formula is C18H20FN3O3. The highest BCUT2D eigenvalue weighted by atomic mass is 19.1. The Hall–Kier alpha value is -2.54. The van der Waals surface area contributed by atoms with Crippen LogP contribution in [-0.4, -0.2) is 53.2 Å². The first-order valence-corrected chi connectivity index (χ1v) is 8.10. The molecule has 1 saturated heterocycles. The third-order valence-electron chi connectivity index (χ3n) is 4.38. The predicted octanol–water partition coefficient (Wildman–Crippen LogP) is 2.32. The maximum Gasteiger partial charge on any atom is 0.257 e. The van der Waals surface area contributed by atoms with Crippen molar-refractivity contribution in [1.82, 2.24) is 14.9 Å². The molecule has 1 atom stereocenters. The van der Waals surface area contributed by atoms with E-state index in [-0.39, 0.29) is 18.3 Å². The molecule has 0 radical (unpaired) electrons. The van der Waals surface area contributed by atoms with Gasteiger partial charge in [0.25, 0.3) is 5.91 Å². The zero-order valence-corrected chi connectivity index (χ0v) is 14.0. The van der Waals surface area contributed by atoms with Crippen molar-refractivity contribution in [2.75, 3.05) is 26.8 Å². The van der Waals surface area contributed by atoms with Crippen molar-refractivity contribution in [3.63, 3.8) is 0 Å². The summed E-state index contributed by atoms with van der Waals surface area (Å²) >= 11 is 0. The first-order valence-electron chi connectivity index (χ1n) is 8.10. The Balaban J connectivity index is 1.68. The zero-order valence-electron chi connectivity index (χ0n) is 14.0. The summed E-state index contributed by atoms with van der Waals surface area (Å²) in [5.41, 5.74) is -0.147. The van der Waals surface area contributed by atoms with Crippen molar-refractivity contribution in [1.29, 1.82) is 0 Å². The standard InChI is InChI=1S/C18H20FN3O3/c1-24-18(12-25-16-5-3-15(19)4-6-16)7-2-8-22(11-18)17(23)14-9-20-13-21-10-14/h3-6,9-10,13H,2,7-8,11-12H2,1H3/t18-/m1/s1. The number of halogens is 1. The van der Waals surface area contributed by atoms with Gasteiger partial charge >= 0.3 is 0 Å². The largest absolute Gasteiger partial charge is 0.491 e. The highest BCUT2D eigenvalue weighted by Crippen LogP contribution is 2.27. The molecule has 1 fully saturated rings. The number of rotatable bonds is 5. The van der Waals surface area contributed by atoms with Gasteiger partial charge in [0.15, 0.2) is 0 Å². The van der Waals surface area contributed by atoms with Gasteiger partial charge in [-0.3, -0.25) is 4.79 Å². The molecular weight excluding hydrogens is 325 g/mol. The van der Waals surface area contributed by atoms with Gasteiger partial charge in [0.2, 0.25) is 0 Å².